The molecule has 0 radical (unpaired) electrons. The van der Waals surface area contributed by atoms with E-state index in [1.54, 1.807) is 49.4 Å². The van der Waals surface area contributed by atoms with Crippen LogP contribution in [-0.2, 0) is 26.2 Å². The van der Waals surface area contributed by atoms with E-state index in [0.29, 0.717) is 32.2 Å². The Balaban J connectivity index is 2.48. The van der Waals surface area contributed by atoms with Crippen LogP contribution >= 0.6 is 39.1 Å². The van der Waals surface area contributed by atoms with Gasteiger partial charge in [0.1, 0.15) is 12.6 Å². The summed E-state index contributed by atoms with van der Waals surface area (Å²) in [4.78, 5) is 27.9. The fourth-order valence-corrected chi connectivity index (χ4v) is 5.08. The average Bonchev–Trinajstić information content (AvgIpc) is 2.71. The molecule has 2 aromatic rings. The first-order chi connectivity index (χ1) is 15.8. The number of halogens is 3. The van der Waals surface area contributed by atoms with E-state index in [9.17, 15) is 18.0 Å². The van der Waals surface area contributed by atoms with Gasteiger partial charge in [0.05, 0.1) is 11.9 Å². The molecule has 0 aliphatic rings. The average molecular weight is 593 g/mol. The summed E-state index contributed by atoms with van der Waals surface area (Å²) in [5.41, 5.74) is 0.915. The molecular weight excluding hydrogens is 565 g/mol. The van der Waals surface area contributed by atoms with Gasteiger partial charge in [-0.3, -0.25) is 13.9 Å². The molecule has 0 aromatic heterocycles. The van der Waals surface area contributed by atoms with E-state index < -0.39 is 28.5 Å². The van der Waals surface area contributed by atoms with Crippen LogP contribution in [0.15, 0.2) is 46.9 Å². The smallest absolute Gasteiger partial charge is 0.244 e. The number of nitrogens with zero attached hydrogens (tertiary/aromatic N) is 2. The molecule has 2 aromatic carbocycles. The number of carbonyl (C=O) groups is 2. The second-order valence-corrected chi connectivity index (χ2v) is 11.8. The van der Waals surface area contributed by atoms with Gasteiger partial charge in [-0.1, -0.05) is 58.2 Å². The molecule has 0 bridgehead atoms. The van der Waals surface area contributed by atoms with Crippen molar-refractivity contribution in [2.45, 2.75) is 45.8 Å². The summed E-state index contributed by atoms with van der Waals surface area (Å²) in [6.45, 7) is 4.97. The van der Waals surface area contributed by atoms with Gasteiger partial charge in [0, 0.05) is 27.1 Å². The number of anilines is 1. The Morgan fingerprint density at radius 1 is 1.12 bits per heavy atom. The molecule has 2 amide bonds. The first-order valence-electron chi connectivity index (χ1n) is 10.6. The Bertz CT molecular complexity index is 1140. The topological polar surface area (TPSA) is 86.8 Å². The summed E-state index contributed by atoms with van der Waals surface area (Å²) in [6, 6.07) is 10.6. The number of nitrogens with one attached hydrogen (secondary N) is 1. The fourth-order valence-electron chi connectivity index (χ4n) is 3.38. The van der Waals surface area contributed by atoms with Crippen molar-refractivity contribution in [3.8, 4) is 0 Å². The lowest BCUT2D eigenvalue weighted by atomic mass is 10.1. The third-order valence-corrected chi connectivity index (χ3v) is 7.17. The van der Waals surface area contributed by atoms with E-state index in [1.165, 1.54) is 4.90 Å². The van der Waals surface area contributed by atoms with E-state index in [0.717, 1.165) is 10.6 Å². The van der Waals surface area contributed by atoms with Crippen molar-refractivity contribution in [2.24, 2.45) is 0 Å². The lowest BCUT2D eigenvalue weighted by molar-refractivity contribution is -0.140. The van der Waals surface area contributed by atoms with Gasteiger partial charge in [-0.25, -0.2) is 8.42 Å². The van der Waals surface area contributed by atoms with Gasteiger partial charge in [0.25, 0.3) is 0 Å². The molecule has 7 nitrogen and oxygen atoms in total. The third kappa shape index (κ3) is 7.86. The highest BCUT2D eigenvalue weighted by molar-refractivity contribution is 9.10. The van der Waals surface area contributed by atoms with Crippen LogP contribution in [-0.4, -0.2) is 50.0 Å². The van der Waals surface area contributed by atoms with Gasteiger partial charge in [0.15, 0.2) is 0 Å². The summed E-state index contributed by atoms with van der Waals surface area (Å²) in [6.07, 6.45) is 1.36. The van der Waals surface area contributed by atoms with Gasteiger partial charge < -0.3 is 10.2 Å². The van der Waals surface area contributed by atoms with Crippen molar-refractivity contribution < 1.29 is 18.0 Å². The minimum atomic E-state index is -3.80. The van der Waals surface area contributed by atoms with Gasteiger partial charge in [0.2, 0.25) is 21.8 Å². The van der Waals surface area contributed by atoms with Crippen LogP contribution in [0.2, 0.25) is 10.0 Å². The SMILES string of the molecule is CC[C@@H](C(=O)NC(C)C)N(Cc1ccc(Cl)cc1Cl)C(=O)CN(c1cccc(Br)c1)S(C)(=O)=O. The van der Waals surface area contributed by atoms with E-state index in [2.05, 4.69) is 21.2 Å². The first-order valence-corrected chi connectivity index (χ1v) is 14.0. The van der Waals surface area contributed by atoms with Gasteiger partial charge in [-0.15, -0.1) is 0 Å². The first kappa shape index (κ1) is 28.4. The molecule has 1 N–H and O–H groups in total. The molecular formula is C23H28BrCl2N3O4S. The molecule has 0 saturated carbocycles. The molecule has 34 heavy (non-hydrogen) atoms. The Kier molecular flexibility index (Phi) is 10.2. The zero-order valence-corrected chi connectivity index (χ0v) is 23.3. The second kappa shape index (κ2) is 12.2. The summed E-state index contributed by atoms with van der Waals surface area (Å²) >= 11 is 15.7. The van der Waals surface area contributed by atoms with Crippen molar-refractivity contribution in [3.63, 3.8) is 0 Å². The summed E-state index contributed by atoms with van der Waals surface area (Å²) in [7, 11) is -3.80. The van der Waals surface area contributed by atoms with Crippen molar-refractivity contribution >= 4 is 66.7 Å². The predicted molar refractivity (Wildman–Crippen MR) is 141 cm³/mol. The summed E-state index contributed by atoms with van der Waals surface area (Å²) in [5, 5.41) is 3.62. The van der Waals surface area contributed by atoms with E-state index in [4.69, 9.17) is 23.2 Å². The number of carbonyl (C=O) groups excluding carboxylic acids is 2. The second-order valence-electron chi connectivity index (χ2n) is 8.09. The predicted octanol–water partition coefficient (Wildman–Crippen LogP) is 4.85. The molecule has 0 unspecified atom stereocenters. The molecule has 0 heterocycles. The Morgan fingerprint density at radius 3 is 2.32 bits per heavy atom. The molecule has 0 spiro atoms. The lowest BCUT2D eigenvalue weighted by Crippen LogP contribution is -2.53. The van der Waals surface area contributed by atoms with E-state index in [1.807, 2.05) is 13.8 Å². The number of hydrogen-bond acceptors (Lipinski definition) is 4. The maximum atomic E-state index is 13.6. The third-order valence-electron chi connectivity index (χ3n) is 4.95. The van der Waals surface area contributed by atoms with Crippen molar-refractivity contribution in [3.05, 3.63) is 62.5 Å². The molecule has 186 valence electrons. The molecule has 11 heteroatoms. The molecule has 0 saturated heterocycles. The Hall–Kier alpha value is -1.81. The number of benzene rings is 2. The molecule has 0 fully saturated rings. The largest absolute Gasteiger partial charge is 0.352 e. The summed E-state index contributed by atoms with van der Waals surface area (Å²) in [5.74, 6) is -0.869. The lowest BCUT2D eigenvalue weighted by Gasteiger charge is -2.33. The molecule has 0 aliphatic heterocycles. The van der Waals surface area contributed by atoms with Crippen LogP contribution in [0, 0.1) is 0 Å². The van der Waals surface area contributed by atoms with Crippen molar-refractivity contribution in [1.82, 2.24) is 10.2 Å². The maximum absolute atomic E-state index is 13.6. The normalized spacial score (nSPS) is 12.4. The zero-order valence-electron chi connectivity index (χ0n) is 19.4. The number of hydrogen-bond donors (Lipinski definition) is 1. The van der Waals surface area contributed by atoms with Crippen LogP contribution in [0.25, 0.3) is 0 Å². The van der Waals surface area contributed by atoms with E-state index >= 15 is 0 Å². The Labute approximate surface area is 219 Å². The number of sulfonamides is 1. The van der Waals surface area contributed by atoms with Crippen molar-refractivity contribution in [2.75, 3.05) is 17.1 Å². The van der Waals surface area contributed by atoms with E-state index in [-0.39, 0.29) is 18.5 Å². The molecule has 1 atom stereocenters. The summed E-state index contributed by atoms with van der Waals surface area (Å²) < 4.78 is 26.9. The van der Waals surface area contributed by atoms with Crippen LogP contribution in [0.4, 0.5) is 5.69 Å². The standard InChI is InChI=1S/C23H28BrCl2N3O4S/c1-5-21(23(31)27-15(2)3)28(13-16-9-10-18(25)12-20(16)26)22(30)14-29(34(4,32)33)19-8-6-7-17(24)11-19/h6-12,15,21H,5,13-14H2,1-4H3,(H,27,31)/t21-/m0/s1. The quantitative estimate of drug-likeness (QED) is 0.427. The van der Waals surface area contributed by atoms with Crippen LogP contribution < -0.4 is 9.62 Å². The zero-order chi connectivity index (χ0) is 25.6. The van der Waals surface area contributed by atoms with Crippen molar-refractivity contribution in [1.29, 1.82) is 0 Å². The number of amides is 2. The number of rotatable bonds is 10. The highest BCUT2D eigenvalue weighted by Crippen LogP contribution is 2.26. The minimum Gasteiger partial charge on any atom is -0.352 e. The van der Waals surface area contributed by atoms with Gasteiger partial charge >= 0.3 is 0 Å². The molecule has 2 rings (SSSR count). The minimum absolute atomic E-state index is 0.00887. The Morgan fingerprint density at radius 2 is 1.79 bits per heavy atom. The van der Waals surface area contributed by atoms with Crippen LogP contribution in [0.3, 0.4) is 0 Å². The highest BCUT2D eigenvalue weighted by atomic mass is 79.9. The fraction of sp³-hybridized carbons (Fsp3) is 0.391. The highest BCUT2D eigenvalue weighted by Gasteiger charge is 2.32. The van der Waals surface area contributed by atoms with Crippen LogP contribution in [0.1, 0.15) is 32.8 Å². The monoisotopic (exact) mass is 591 g/mol. The van der Waals surface area contributed by atoms with Gasteiger partial charge in [-0.2, -0.15) is 0 Å². The molecule has 0 aliphatic carbocycles. The van der Waals surface area contributed by atoms with Gasteiger partial charge in [-0.05, 0) is 56.2 Å². The van der Waals surface area contributed by atoms with Crippen LogP contribution in [0.5, 0.6) is 0 Å². The maximum Gasteiger partial charge on any atom is 0.244 e.